The first-order chi connectivity index (χ1) is 10.7. The number of nitrogens with one attached hydrogen (secondary N) is 2. The van der Waals surface area contributed by atoms with Crippen LogP contribution in [0.4, 0.5) is 5.95 Å². The Balaban J connectivity index is 1.84. The van der Waals surface area contributed by atoms with Gasteiger partial charge in [0.2, 0.25) is 5.95 Å². The summed E-state index contributed by atoms with van der Waals surface area (Å²) in [4.78, 5) is 23.0. The molecule has 22 heavy (non-hydrogen) atoms. The number of rotatable bonds is 4. The number of H-pyrrole nitrogens is 1. The monoisotopic (exact) mass is 292 g/mol. The van der Waals surface area contributed by atoms with Crippen LogP contribution in [-0.2, 0) is 6.54 Å². The second-order valence-electron chi connectivity index (χ2n) is 5.00. The van der Waals surface area contributed by atoms with Crippen molar-refractivity contribution in [3.63, 3.8) is 0 Å². The fraction of sp³-hybridized carbons (Fsp3) is 0.118. The highest BCUT2D eigenvalue weighted by atomic mass is 16.1. The van der Waals surface area contributed by atoms with Gasteiger partial charge in [0.05, 0.1) is 5.69 Å². The number of aromatic amines is 1. The number of hydrogen-bond acceptors (Lipinski definition) is 4. The van der Waals surface area contributed by atoms with Gasteiger partial charge in [0.15, 0.2) is 0 Å². The SMILES string of the molecule is Cc1ccccc1CNc1nc(-c2ccncc2)cc(=O)[nH]1. The summed E-state index contributed by atoms with van der Waals surface area (Å²) < 4.78 is 0. The number of aryl methyl sites for hydroxylation is 1. The van der Waals surface area contributed by atoms with E-state index in [2.05, 4.69) is 33.3 Å². The van der Waals surface area contributed by atoms with Gasteiger partial charge in [-0.1, -0.05) is 24.3 Å². The van der Waals surface area contributed by atoms with Crippen LogP contribution in [0.25, 0.3) is 11.3 Å². The van der Waals surface area contributed by atoms with E-state index in [4.69, 9.17) is 0 Å². The molecule has 0 saturated heterocycles. The van der Waals surface area contributed by atoms with Crippen molar-refractivity contribution in [1.82, 2.24) is 15.0 Å². The Bertz CT molecular complexity index is 827. The van der Waals surface area contributed by atoms with Gasteiger partial charge in [0.25, 0.3) is 5.56 Å². The fourth-order valence-electron chi connectivity index (χ4n) is 2.20. The van der Waals surface area contributed by atoms with Gasteiger partial charge in [-0.2, -0.15) is 0 Å². The molecule has 0 atom stereocenters. The first-order valence-electron chi connectivity index (χ1n) is 7.02. The molecule has 0 saturated carbocycles. The second kappa shape index (κ2) is 6.22. The molecule has 0 bridgehead atoms. The van der Waals surface area contributed by atoms with Gasteiger partial charge < -0.3 is 5.32 Å². The highest BCUT2D eigenvalue weighted by molar-refractivity contribution is 5.59. The van der Waals surface area contributed by atoms with Crippen LogP contribution >= 0.6 is 0 Å². The van der Waals surface area contributed by atoms with Gasteiger partial charge in [-0.05, 0) is 30.2 Å². The van der Waals surface area contributed by atoms with Crippen molar-refractivity contribution in [1.29, 1.82) is 0 Å². The molecule has 3 aromatic rings. The zero-order chi connectivity index (χ0) is 15.4. The topological polar surface area (TPSA) is 70.7 Å². The standard InChI is InChI=1S/C17H16N4O/c1-12-4-2-3-5-14(12)11-19-17-20-15(10-16(22)21-17)13-6-8-18-9-7-13/h2-10H,11H2,1H3,(H2,19,20,21,22). The molecular weight excluding hydrogens is 276 g/mol. The van der Waals surface area contributed by atoms with E-state index < -0.39 is 0 Å². The zero-order valence-electron chi connectivity index (χ0n) is 12.2. The van der Waals surface area contributed by atoms with Crippen LogP contribution in [0.5, 0.6) is 0 Å². The first-order valence-corrected chi connectivity index (χ1v) is 7.02. The van der Waals surface area contributed by atoms with Crippen LogP contribution in [-0.4, -0.2) is 15.0 Å². The van der Waals surface area contributed by atoms with Gasteiger partial charge in [-0.25, -0.2) is 4.98 Å². The van der Waals surface area contributed by atoms with E-state index in [1.807, 2.05) is 30.3 Å². The van der Waals surface area contributed by atoms with Crippen LogP contribution in [0.2, 0.25) is 0 Å². The maximum atomic E-state index is 11.8. The molecule has 110 valence electrons. The minimum atomic E-state index is -0.186. The number of pyridine rings is 1. The first kappa shape index (κ1) is 14.0. The van der Waals surface area contributed by atoms with Crippen molar-refractivity contribution in [2.75, 3.05) is 5.32 Å². The predicted molar refractivity (Wildman–Crippen MR) is 86.6 cm³/mol. The fourth-order valence-corrected chi connectivity index (χ4v) is 2.20. The summed E-state index contributed by atoms with van der Waals surface area (Å²) in [6.07, 6.45) is 3.36. The Morgan fingerprint density at radius 3 is 2.68 bits per heavy atom. The molecule has 0 aliphatic heterocycles. The Morgan fingerprint density at radius 1 is 1.14 bits per heavy atom. The van der Waals surface area contributed by atoms with Crippen LogP contribution in [0.15, 0.2) is 59.7 Å². The summed E-state index contributed by atoms with van der Waals surface area (Å²) >= 11 is 0. The molecule has 3 rings (SSSR count). The van der Waals surface area contributed by atoms with Crippen LogP contribution in [0.3, 0.4) is 0 Å². The molecule has 2 N–H and O–H groups in total. The van der Waals surface area contributed by atoms with E-state index >= 15 is 0 Å². The minimum Gasteiger partial charge on any atom is -0.352 e. The summed E-state index contributed by atoms with van der Waals surface area (Å²) in [7, 11) is 0. The van der Waals surface area contributed by atoms with Crippen molar-refractivity contribution in [2.45, 2.75) is 13.5 Å². The van der Waals surface area contributed by atoms with Crippen molar-refractivity contribution in [2.24, 2.45) is 0 Å². The third kappa shape index (κ3) is 3.20. The summed E-state index contributed by atoms with van der Waals surface area (Å²) in [6.45, 7) is 2.66. The summed E-state index contributed by atoms with van der Waals surface area (Å²) in [5, 5.41) is 3.17. The number of anilines is 1. The average Bonchev–Trinajstić information content (AvgIpc) is 2.54. The third-order valence-electron chi connectivity index (χ3n) is 3.43. The number of benzene rings is 1. The highest BCUT2D eigenvalue weighted by Crippen LogP contribution is 2.15. The number of aromatic nitrogens is 3. The molecule has 0 amide bonds. The Morgan fingerprint density at radius 2 is 1.91 bits per heavy atom. The molecule has 0 unspecified atom stereocenters. The van der Waals surface area contributed by atoms with Crippen molar-refractivity contribution < 1.29 is 0 Å². The molecule has 5 heteroatoms. The number of hydrogen-bond donors (Lipinski definition) is 2. The Hall–Kier alpha value is -2.95. The van der Waals surface area contributed by atoms with E-state index in [1.165, 1.54) is 17.2 Å². The third-order valence-corrected chi connectivity index (χ3v) is 3.43. The Kier molecular flexibility index (Phi) is 3.96. The van der Waals surface area contributed by atoms with E-state index in [-0.39, 0.29) is 5.56 Å². The van der Waals surface area contributed by atoms with Crippen molar-refractivity contribution in [3.8, 4) is 11.3 Å². The largest absolute Gasteiger partial charge is 0.352 e. The zero-order valence-corrected chi connectivity index (χ0v) is 12.2. The van der Waals surface area contributed by atoms with Crippen molar-refractivity contribution in [3.05, 3.63) is 76.3 Å². The van der Waals surface area contributed by atoms with Gasteiger partial charge in [0.1, 0.15) is 0 Å². The lowest BCUT2D eigenvalue weighted by atomic mass is 10.1. The van der Waals surface area contributed by atoms with Crippen LogP contribution in [0.1, 0.15) is 11.1 Å². The van der Waals surface area contributed by atoms with E-state index in [9.17, 15) is 4.79 Å². The van der Waals surface area contributed by atoms with Crippen molar-refractivity contribution >= 4 is 5.95 Å². The lowest BCUT2D eigenvalue weighted by Crippen LogP contribution is -2.13. The average molecular weight is 292 g/mol. The molecular formula is C17H16N4O. The highest BCUT2D eigenvalue weighted by Gasteiger charge is 2.04. The van der Waals surface area contributed by atoms with E-state index in [1.54, 1.807) is 12.4 Å². The molecule has 0 aliphatic carbocycles. The quantitative estimate of drug-likeness (QED) is 0.775. The van der Waals surface area contributed by atoms with Gasteiger partial charge in [-0.3, -0.25) is 14.8 Å². The van der Waals surface area contributed by atoms with Gasteiger partial charge in [0, 0.05) is 30.6 Å². The molecule has 5 nitrogen and oxygen atoms in total. The maximum absolute atomic E-state index is 11.8. The molecule has 0 radical (unpaired) electrons. The molecule has 1 aromatic carbocycles. The minimum absolute atomic E-state index is 0.186. The number of nitrogens with zero attached hydrogens (tertiary/aromatic N) is 2. The summed E-state index contributed by atoms with van der Waals surface area (Å²) in [6, 6.07) is 13.2. The summed E-state index contributed by atoms with van der Waals surface area (Å²) in [5.41, 5.74) is 3.66. The van der Waals surface area contributed by atoms with Crippen LogP contribution < -0.4 is 10.9 Å². The lowest BCUT2D eigenvalue weighted by Gasteiger charge is -2.09. The normalized spacial score (nSPS) is 10.4. The molecule has 2 heterocycles. The van der Waals surface area contributed by atoms with E-state index in [0.717, 1.165) is 5.56 Å². The lowest BCUT2D eigenvalue weighted by molar-refractivity contribution is 1.03. The maximum Gasteiger partial charge on any atom is 0.252 e. The van der Waals surface area contributed by atoms with E-state index in [0.29, 0.717) is 18.2 Å². The van der Waals surface area contributed by atoms with Gasteiger partial charge >= 0.3 is 0 Å². The van der Waals surface area contributed by atoms with Gasteiger partial charge in [-0.15, -0.1) is 0 Å². The smallest absolute Gasteiger partial charge is 0.252 e. The molecule has 0 spiro atoms. The molecule has 2 aromatic heterocycles. The van der Waals surface area contributed by atoms with Crippen LogP contribution in [0, 0.1) is 6.92 Å². The second-order valence-corrected chi connectivity index (χ2v) is 5.00. The predicted octanol–water partition coefficient (Wildman–Crippen LogP) is 2.75. The molecule has 0 fully saturated rings. The Labute approximate surface area is 128 Å². The molecule has 0 aliphatic rings. The summed E-state index contributed by atoms with van der Waals surface area (Å²) in [5.74, 6) is 0.461.